The molecule has 0 aromatic heterocycles. The molecule has 5 heteroatoms. The predicted octanol–water partition coefficient (Wildman–Crippen LogP) is 2.20. The first-order valence-corrected chi connectivity index (χ1v) is 8.33. The van der Waals surface area contributed by atoms with Gasteiger partial charge < -0.3 is 19.3 Å². The lowest BCUT2D eigenvalue weighted by atomic mass is 10.1. The predicted molar refractivity (Wildman–Crippen MR) is 78.0 cm³/mol. The van der Waals surface area contributed by atoms with E-state index in [4.69, 9.17) is 14.2 Å². The molecule has 0 aromatic carbocycles. The fourth-order valence-electron chi connectivity index (χ4n) is 3.00. The average Bonchev–Trinajstić information content (AvgIpc) is 3.02. The van der Waals surface area contributed by atoms with Gasteiger partial charge in [-0.3, -0.25) is 4.79 Å². The second-order valence-corrected chi connectivity index (χ2v) is 6.06. The number of rotatable bonds is 9. The van der Waals surface area contributed by atoms with Gasteiger partial charge in [0, 0.05) is 6.42 Å². The minimum atomic E-state index is -0.596. The summed E-state index contributed by atoms with van der Waals surface area (Å²) in [5.74, 6) is -0.178. The van der Waals surface area contributed by atoms with Crippen molar-refractivity contribution in [1.82, 2.24) is 0 Å². The van der Waals surface area contributed by atoms with Crippen molar-refractivity contribution in [3.8, 4) is 0 Å². The van der Waals surface area contributed by atoms with Gasteiger partial charge in [0.2, 0.25) is 0 Å². The Balaban J connectivity index is 1.54. The Bertz CT molecular complexity index is 320. The second kappa shape index (κ2) is 8.71. The molecule has 2 saturated heterocycles. The normalized spacial score (nSPS) is 31.3. The standard InChI is InChI=1S/C16H28O5/c1-2-3-4-5-6-7-8-9-14(18)21-13-11-20-15-12(17)10-19-16(13)15/h12-13,15-17H,2-11H2,1H3/t12-,13+,15-,16-/m1/s1. The van der Waals surface area contributed by atoms with E-state index in [1.807, 2.05) is 0 Å². The van der Waals surface area contributed by atoms with E-state index < -0.39 is 6.10 Å². The molecule has 0 spiro atoms. The van der Waals surface area contributed by atoms with Gasteiger partial charge >= 0.3 is 5.97 Å². The van der Waals surface area contributed by atoms with Crippen LogP contribution in [-0.4, -0.2) is 48.7 Å². The molecule has 2 aliphatic heterocycles. The summed E-state index contributed by atoms with van der Waals surface area (Å²) in [6.07, 6.45) is 7.16. The highest BCUT2D eigenvalue weighted by molar-refractivity contribution is 5.69. The molecule has 2 aliphatic rings. The van der Waals surface area contributed by atoms with Gasteiger partial charge in [-0.15, -0.1) is 0 Å². The topological polar surface area (TPSA) is 65.0 Å². The van der Waals surface area contributed by atoms with Crippen molar-refractivity contribution in [2.75, 3.05) is 13.2 Å². The fourth-order valence-corrected chi connectivity index (χ4v) is 3.00. The molecule has 2 rings (SSSR count). The van der Waals surface area contributed by atoms with Crippen molar-refractivity contribution < 1.29 is 24.1 Å². The molecular formula is C16H28O5. The lowest BCUT2D eigenvalue weighted by Crippen LogP contribution is -2.34. The molecule has 0 unspecified atom stereocenters. The van der Waals surface area contributed by atoms with Crippen LogP contribution in [0.3, 0.4) is 0 Å². The lowest BCUT2D eigenvalue weighted by molar-refractivity contribution is -0.153. The maximum atomic E-state index is 11.8. The summed E-state index contributed by atoms with van der Waals surface area (Å²) in [6, 6.07) is 0. The second-order valence-electron chi connectivity index (χ2n) is 6.06. The van der Waals surface area contributed by atoms with Crippen molar-refractivity contribution in [2.45, 2.75) is 82.7 Å². The number of carbonyl (C=O) groups is 1. The molecule has 0 aliphatic carbocycles. The lowest BCUT2D eigenvalue weighted by Gasteiger charge is -2.16. The van der Waals surface area contributed by atoms with Crippen LogP contribution in [0.4, 0.5) is 0 Å². The number of ether oxygens (including phenoxy) is 3. The molecule has 2 heterocycles. The number of aliphatic hydroxyl groups excluding tert-OH is 1. The summed E-state index contributed by atoms with van der Waals surface area (Å²) in [6.45, 7) is 2.80. The number of aliphatic hydroxyl groups is 1. The zero-order chi connectivity index (χ0) is 15.1. The number of unbranched alkanes of at least 4 members (excludes halogenated alkanes) is 6. The van der Waals surface area contributed by atoms with E-state index in [1.54, 1.807) is 0 Å². The first kappa shape index (κ1) is 16.7. The van der Waals surface area contributed by atoms with E-state index in [9.17, 15) is 9.90 Å². The summed E-state index contributed by atoms with van der Waals surface area (Å²) in [5, 5.41) is 9.62. The molecule has 2 fully saturated rings. The summed E-state index contributed by atoms with van der Waals surface area (Å²) in [5.41, 5.74) is 0. The first-order valence-electron chi connectivity index (χ1n) is 8.33. The van der Waals surface area contributed by atoms with Crippen LogP contribution in [0.1, 0.15) is 58.3 Å². The van der Waals surface area contributed by atoms with E-state index in [1.165, 1.54) is 32.1 Å². The SMILES string of the molecule is CCCCCCCCCC(=O)O[C@H]1CO[C@H]2[C@@H]1OC[C@H]2O. The number of fused-ring (bicyclic) bond motifs is 1. The van der Waals surface area contributed by atoms with Gasteiger partial charge in [0.25, 0.3) is 0 Å². The third kappa shape index (κ3) is 4.94. The van der Waals surface area contributed by atoms with Crippen LogP contribution in [0.25, 0.3) is 0 Å². The molecule has 21 heavy (non-hydrogen) atoms. The maximum absolute atomic E-state index is 11.8. The minimum absolute atomic E-state index is 0.178. The summed E-state index contributed by atoms with van der Waals surface area (Å²) in [7, 11) is 0. The van der Waals surface area contributed by atoms with Crippen LogP contribution in [-0.2, 0) is 19.0 Å². The molecule has 4 atom stereocenters. The molecule has 122 valence electrons. The maximum Gasteiger partial charge on any atom is 0.306 e. The van der Waals surface area contributed by atoms with Crippen LogP contribution in [0.15, 0.2) is 0 Å². The zero-order valence-electron chi connectivity index (χ0n) is 13.0. The number of esters is 1. The van der Waals surface area contributed by atoms with Gasteiger partial charge in [-0.25, -0.2) is 0 Å². The van der Waals surface area contributed by atoms with Gasteiger partial charge in [-0.05, 0) is 6.42 Å². The summed E-state index contributed by atoms with van der Waals surface area (Å²) >= 11 is 0. The van der Waals surface area contributed by atoms with Crippen molar-refractivity contribution in [3.63, 3.8) is 0 Å². The highest BCUT2D eigenvalue weighted by atomic mass is 16.6. The van der Waals surface area contributed by atoms with E-state index >= 15 is 0 Å². The van der Waals surface area contributed by atoms with Crippen LogP contribution >= 0.6 is 0 Å². The Morgan fingerprint density at radius 1 is 1.05 bits per heavy atom. The largest absolute Gasteiger partial charge is 0.457 e. The molecule has 0 amide bonds. The third-order valence-corrected chi connectivity index (χ3v) is 4.25. The van der Waals surface area contributed by atoms with E-state index in [0.717, 1.165) is 12.8 Å². The van der Waals surface area contributed by atoms with Gasteiger partial charge in [0.15, 0.2) is 6.10 Å². The Hall–Kier alpha value is -0.650. The Morgan fingerprint density at radius 3 is 2.48 bits per heavy atom. The Morgan fingerprint density at radius 2 is 1.71 bits per heavy atom. The number of hydrogen-bond acceptors (Lipinski definition) is 5. The Kier molecular flexibility index (Phi) is 6.93. The van der Waals surface area contributed by atoms with Crippen LogP contribution in [0, 0.1) is 0 Å². The quantitative estimate of drug-likeness (QED) is 0.522. The van der Waals surface area contributed by atoms with Crippen molar-refractivity contribution >= 4 is 5.97 Å². The van der Waals surface area contributed by atoms with Gasteiger partial charge in [0.05, 0.1) is 13.2 Å². The third-order valence-electron chi connectivity index (χ3n) is 4.25. The molecule has 0 aromatic rings. The fraction of sp³-hybridized carbons (Fsp3) is 0.938. The van der Waals surface area contributed by atoms with Gasteiger partial charge in [0.1, 0.15) is 18.3 Å². The Labute approximate surface area is 126 Å². The summed E-state index contributed by atoms with van der Waals surface area (Å²) in [4.78, 5) is 11.8. The minimum Gasteiger partial charge on any atom is -0.457 e. The van der Waals surface area contributed by atoms with E-state index in [0.29, 0.717) is 13.0 Å². The van der Waals surface area contributed by atoms with Crippen LogP contribution in [0.2, 0.25) is 0 Å². The highest BCUT2D eigenvalue weighted by Gasteiger charge is 2.48. The van der Waals surface area contributed by atoms with Gasteiger partial charge in [-0.1, -0.05) is 45.4 Å². The first-order chi connectivity index (χ1) is 10.2. The molecule has 0 bridgehead atoms. The molecule has 5 nitrogen and oxygen atoms in total. The smallest absolute Gasteiger partial charge is 0.306 e. The van der Waals surface area contributed by atoms with Crippen molar-refractivity contribution in [2.24, 2.45) is 0 Å². The highest BCUT2D eigenvalue weighted by Crippen LogP contribution is 2.29. The van der Waals surface area contributed by atoms with Crippen LogP contribution in [0.5, 0.6) is 0 Å². The summed E-state index contributed by atoms with van der Waals surface area (Å²) < 4.78 is 16.3. The van der Waals surface area contributed by atoms with E-state index in [2.05, 4.69) is 6.92 Å². The zero-order valence-corrected chi connectivity index (χ0v) is 13.0. The molecule has 0 saturated carbocycles. The van der Waals surface area contributed by atoms with E-state index in [-0.39, 0.29) is 30.9 Å². The van der Waals surface area contributed by atoms with Crippen molar-refractivity contribution in [1.29, 1.82) is 0 Å². The molecule has 1 N–H and O–H groups in total. The number of carbonyl (C=O) groups excluding carboxylic acids is 1. The van der Waals surface area contributed by atoms with Crippen molar-refractivity contribution in [3.05, 3.63) is 0 Å². The average molecular weight is 300 g/mol. The van der Waals surface area contributed by atoms with Crippen LogP contribution < -0.4 is 0 Å². The monoisotopic (exact) mass is 300 g/mol. The molecular weight excluding hydrogens is 272 g/mol. The van der Waals surface area contributed by atoms with Gasteiger partial charge in [-0.2, -0.15) is 0 Å². The number of hydrogen-bond donors (Lipinski definition) is 1. The molecule has 0 radical (unpaired) electrons.